The number of carbonyl (C=O) groups is 1. The van der Waals surface area contributed by atoms with Gasteiger partial charge in [-0.1, -0.05) is 30.3 Å². The number of hydrogen-bond acceptors (Lipinski definition) is 4. The van der Waals surface area contributed by atoms with Crippen LogP contribution in [0.4, 0.5) is 0 Å². The number of hydrogen-bond donors (Lipinski definition) is 2. The quantitative estimate of drug-likeness (QED) is 0.673. The molecule has 1 atom stereocenters. The molecule has 1 amide bonds. The Morgan fingerprint density at radius 3 is 2.71 bits per heavy atom. The minimum absolute atomic E-state index is 0.170. The van der Waals surface area contributed by atoms with E-state index in [4.69, 9.17) is 0 Å². The molecule has 0 spiro atoms. The summed E-state index contributed by atoms with van der Waals surface area (Å²) in [5.74, 6) is 0.170. The number of piperazine rings is 1. The first-order valence-electron chi connectivity index (χ1n) is 9.09. The van der Waals surface area contributed by atoms with Gasteiger partial charge in [-0.05, 0) is 39.0 Å². The summed E-state index contributed by atoms with van der Waals surface area (Å²) in [4.78, 5) is 16.7. The van der Waals surface area contributed by atoms with Crippen LogP contribution in [0, 0.1) is 0 Å². The van der Waals surface area contributed by atoms with Crippen LogP contribution in [0.5, 0.6) is 0 Å². The average Bonchev–Trinajstić information content (AvgIpc) is 2.60. The SMILES string of the molecule is CNCCCC(=O)NCCCN1CCN(C)CC1c1ccccc1. The van der Waals surface area contributed by atoms with Gasteiger partial charge in [-0.2, -0.15) is 0 Å². The van der Waals surface area contributed by atoms with Gasteiger partial charge < -0.3 is 15.5 Å². The van der Waals surface area contributed by atoms with Crippen LogP contribution in [0.15, 0.2) is 30.3 Å². The third kappa shape index (κ3) is 6.23. The molecule has 0 saturated carbocycles. The number of rotatable bonds is 9. The van der Waals surface area contributed by atoms with Gasteiger partial charge in [0.1, 0.15) is 0 Å². The van der Waals surface area contributed by atoms with Gasteiger partial charge in [-0.25, -0.2) is 0 Å². The van der Waals surface area contributed by atoms with Crippen molar-refractivity contribution in [1.29, 1.82) is 0 Å². The Bertz CT molecular complexity index is 480. The molecular weight excluding hydrogens is 300 g/mol. The Kier molecular flexibility index (Phi) is 8.22. The Morgan fingerprint density at radius 2 is 1.96 bits per heavy atom. The summed E-state index contributed by atoms with van der Waals surface area (Å²) in [6, 6.07) is 11.2. The fourth-order valence-electron chi connectivity index (χ4n) is 3.24. The molecule has 134 valence electrons. The van der Waals surface area contributed by atoms with Crippen molar-refractivity contribution in [2.45, 2.75) is 25.3 Å². The molecule has 1 heterocycles. The summed E-state index contributed by atoms with van der Waals surface area (Å²) in [5, 5.41) is 6.11. The molecular formula is C19H32N4O. The van der Waals surface area contributed by atoms with Crippen molar-refractivity contribution in [3.05, 3.63) is 35.9 Å². The van der Waals surface area contributed by atoms with Gasteiger partial charge in [0.2, 0.25) is 5.91 Å². The van der Waals surface area contributed by atoms with E-state index in [-0.39, 0.29) is 5.91 Å². The van der Waals surface area contributed by atoms with Crippen molar-refractivity contribution in [3.63, 3.8) is 0 Å². The lowest BCUT2D eigenvalue weighted by Gasteiger charge is -2.40. The van der Waals surface area contributed by atoms with Gasteiger partial charge in [0, 0.05) is 45.2 Å². The van der Waals surface area contributed by atoms with Crippen molar-refractivity contribution >= 4 is 5.91 Å². The predicted molar refractivity (Wildman–Crippen MR) is 99.0 cm³/mol. The zero-order chi connectivity index (χ0) is 17.2. The highest BCUT2D eigenvalue weighted by molar-refractivity contribution is 5.75. The summed E-state index contributed by atoms with van der Waals surface area (Å²) in [5.41, 5.74) is 1.39. The smallest absolute Gasteiger partial charge is 0.220 e. The second-order valence-electron chi connectivity index (χ2n) is 6.64. The second kappa shape index (κ2) is 10.4. The zero-order valence-electron chi connectivity index (χ0n) is 15.1. The molecule has 1 aliphatic heterocycles. The van der Waals surface area contributed by atoms with Crippen molar-refractivity contribution in [2.75, 3.05) is 53.4 Å². The van der Waals surface area contributed by atoms with Crippen LogP contribution in [-0.2, 0) is 4.79 Å². The molecule has 1 aromatic carbocycles. The molecule has 0 bridgehead atoms. The minimum Gasteiger partial charge on any atom is -0.356 e. The van der Waals surface area contributed by atoms with E-state index in [2.05, 4.69) is 57.8 Å². The van der Waals surface area contributed by atoms with Gasteiger partial charge in [-0.3, -0.25) is 9.69 Å². The van der Waals surface area contributed by atoms with E-state index in [9.17, 15) is 4.79 Å². The van der Waals surface area contributed by atoms with E-state index in [0.717, 1.165) is 52.1 Å². The fourth-order valence-corrected chi connectivity index (χ4v) is 3.24. The van der Waals surface area contributed by atoms with Gasteiger partial charge in [0.25, 0.3) is 0 Å². The van der Waals surface area contributed by atoms with E-state index in [1.165, 1.54) is 5.56 Å². The lowest BCUT2D eigenvalue weighted by atomic mass is 10.0. The zero-order valence-corrected chi connectivity index (χ0v) is 15.1. The van der Waals surface area contributed by atoms with E-state index in [1.54, 1.807) is 0 Å². The number of benzene rings is 1. The third-order valence-corrected chi connectivity index (χ3v) is 4.65. The van der Waals surface area contributed by atoms with E-state index < -0.39 is 0 Å². The maximum atomic E-state index is 11.7. The van der Waals surface area contributed by atoms with E-state index >= 15 is 0 Å². The summed E-state index contributed by atoms with van der Waals surface area (Å²) < 4.78 is 0. The first kappa shape index (κ1) is 18.9. The van der Waals surface area contributed by atoms with Crippen LogP contribution >= 0.6 is 0 Å². The largest absolute Gasteiger partial charge is 0.356 e. The molecule has 2 N–H and O–H groups in total. The summed E-state index contributed by atoms with van der Waals surface area (Å²) >= 11 is 0. The lowest BCUT2D eigenvalue weighted by molar-refractivity contribution is -0.121. The van der Waals surface area contributed by atoms with Crippen LogP contribution in [0.25, 0.3) is 0 Å². The van der Waals surface area contributed by atoms with Gasteiger partial charge in [-0.15, -0.1) is 0 Å². The molecule has 0 radical (unpaired) electrons. The van der Waals surface area contributed by atoms with Gasteiger partial charge >= 0.3 is 0 Å². The summed E-state index contributed by atoms with van der Waals surface area (Å²) in [7, 11) is 4.11. The Balaban J connectivity index is 1.74. The topological polar surface area (TPSA) is 47.6 Å². The van der Waals surface area contributed by atoms with Crippen LogP contribution in [0.3, 0.4) is 0 Å². The van der Waals surface area contributed by atoms with Crippen molar-refractivity contribution in [2.24, 2.45) is 0 Å². The number of nitrogens with zero attached hydrogens (tertiary/aromatic N) is 2. The normalized spacial score (nSPS) is 19.3. The number of nitrogens with one attached hydrogen (secondary N) is 2. The van der Waals surface area contributed by atoms with Crippen LogP contribution in [-0.4, -0.2) is 69.1 Å². The molecule has 0 aromatic heterocycles. The van der Waals surface area contributed by atoms with Gasteiger partial charge in [0.15, 0.2) is 0 Å². The Morgan fingerprint density at radius 1 is 1.17 bits per heavy atom. The van der Waals surface area contributed by atoms with Crippen molar-refractivity contribution < 1.29 is 4.79 Å². The molecule has 1 fully saturated rings. The fraction of sp³-hybridized carbons (Fsp3) is 0.632. The molecule has 1 aliphatic rings. The number of carbonyl (C=O) groups excluding carboxylic acids is 1. The summed E-state index contributed by atoms with van der Waals surface area (Å²) in [6.07, 6.45) is 2.52. The molecule has 1 aromatic rings. The number of amides is 1. The van der Waals surface area contributed by atoms with Crippen LogP contribution in [0.1, 0.15) is 30.9 Å². The molecule has 5 nitrogen and oxygen atoms in total. The third-order valence-electron chi connectivity index (χ3n) is 4.65. The minimum atomic E-state index is 0.170. The van der Waals surface area contributed by atoms with E-state index in [0.29, 0.717) is 12.5 Å². The maximum Gasteiger partial charge on any atom is 0.220 e. The first-order valence-corrected chi connectivity index (χ1v) is 9.09. The lowest BCUT2D eigenvalue weighted by Crippen LogP contribution is -2.47. The molecule has 24 heavy (non-hydrogen) atoms. The molecule has 0 aliphatic carbocycles. The predicted octanol–water partition coefficient (Wildman–Crippen LogP) is 1.48. The maximum absolute atomic E-state index is 11.7. The molecule has 1 unspecified atom stereocenters. The van der Waals surface area contributed by atoms with Crippen LogP contribution < -0.4 is 10.6 Å². The highest BCUT2D eigenvalue weighted by Crippen LogP contribution is 2.24. The Hall–Kier alpha value is -1.43. The summed E-state index contributed by atoms with van der Waals surface area (Å²) in [6.45, 7) is 5.97. The van der Waals surface area contributed by atoms with Crippen LogP contribution in [0.2, 0.25) is 0 Å². The first-order chi connectivity index (χ1) is 11.7. The van der Waals surface area contributed by atoms with Crippen molar-refractivity contribution in [1.82, 2.24) is 20.4 Å². The molecule has 5 heteroatoms. The Labute approximate surface area is 146 Å². The monoisotopic (exact) mass is 332 g/mol. The highest BCUT2D eigenvalue weighted by Gasteiger charge is 2.25. The van der Waals surface area contributed by atoms with Gasteiger partial charge in [0.05, 0.1) is 0 Å². The second-order valence-corrected chi connectivity index (χ2v) is 6.64. The van der Waals surface area contributed by atoms with E-state index in [1.807, 2.05) is 7.05 Å². The standard InChI is InChI=1S/C19H32N4O/c1-20-11-6-10-19(24)21-12-7-13-23-15-14-22(2)16-18(23)17-8-4-3-5-9-17/h3-5,8-9,18,20H,6-7,10-16H2,1-2H3,(H,21,24). The number of likely N-dealkylation sites (N-methyl/N-ethyl adjacent to an activating group) is 1. The van der Waals surface area contributed by atoms with Crippen molar-refractivity contribution in [3.8, 4) is 0 Å². The molecule has 2 rings (SSSR count). The average molecular weight is 332 g/mol. The molecule has 1 saturated heterocycles. The highest BCUT2D eigenvalue weighted by atomic mass is 16.1.